The molecule has 2 N–H and O–H groups in total. The van der Waals surface area contributed by atoms with Gasteiger partial charge in [0, 0.05) is 0 Å². The van der Waals surface area contributed by atoms with Crippen molar-refractivity contribution in [2.45, 2.75) is 51.7 Å². The van der Waals surface area contributed by atoms with E-state index in [1.165, 1.54) is 6.42 Å². The zero-order chi connectivity index (χ0) is 15.2. The van der Waals surface area contributed by atoms with E-state index >= 15 is 0 Å². The molecule has 1 atom stereocenters. The highest BCUT2D eigenvalue weighted by atomic mass is 16.5. The molecular weight excluding hydrogens is 266 g/mol. The Hall–Kier alpha value is -1.55. The molecule has 4 nitrogen and oxygen atoms in total. The molecule has 0 bridgehead atoms. The third-order valence-corrected chi connectivity index (χ3v) is 3.79. The first-order chi connectivity index (χ1) is 10.1. The first-order valence-corrected chi connectivity index (χ1v) is 7.77. The van der Waals surface area contributed by atoms with Gasteiger partial charge in [0.25, 0.3) is 5.91 Å². The molecule has 116 valence electrons. The number of aliphatic hydroxyl groups excluding tert-OH is 1. The standard InChI is InChI=1S/C17H25NO3/c1-12(2)10-13(11-19)18-17(20)15-8-3-4-9-16(15)21-14-6-5-7-14/h3-4,8-9,12-14,19H,5-7,10-11H2,1-2H3,(H,18,20). The zero-order valence-electron chi connectivity index (χ0n) is 12.8. The van der Waals surface area contributed by atoms with E-state index in [0.717, 1.165) is 19.3 Å². The number of aliphatic hydroxyl groups is 1. The molecule has 1 fully saturated rings. The van der Waals surface area contributed by atoms with Crippen molar-refractivity contribution in [1.82, 2.24) is 5.32 Å². The summed E-state index contributed by atoms with van der Waals surface area (Å²) in [7, 11) is 0. The van der Waals surface area contributed by atoms with E-state index in [1.807, 2.05) is 18.2 Å². The lowest BCUT2D eigenvalue weighted by Gasteiger charge is -2.27. The average molecular weight is 291 g/mol. The summed E-state index contributed by atoms with van der Waals surface area (Å²) in [5.74, 6) is 0.884. The normalized spacial score (nSPS) is 16.4. The van der Waals surface area contributed by atoms with Crippen LogP contribution in [0.1, 0.15) is 49.9 Å². The Bertz CT molecular complexity index is 469. The molecule has 1 saturated carbocycles. The predicted molar refractivity (Wildman–Crippen MR) is 82.5 cm³/mol. The molecule has 0 aromatic heterocycles. The Balaban J connectivity index is 2.03. The van der Waals surface area contributed by atoms with Gasteiger partial charge >= 0.3 is 0 Å². The second kappa shape index (κ2) is 7.46. The lowest BCUT2D eigenvalue weighted by atomic mass is 9.96. The van der Waals surface area contributed by atoms with Gasteiger partial charge in [0.2, 0.25) is 0 Å². The highest BCUT2D eigenvalue weighted by Crippen LogP contribution is 2.27. The van der Waals surface area contributed by atoms with Gasteiger partial charge in [-0.05, 0) is 43.7 Å². The van der Waals surface area contributed by atoms with Gasteiger partial charge in [0.05, 0.1) is 24.3 Å². The number of ether oxygens (including phenoxy) is 1. The van der Waals surface area contributed by atoms with Gasteiger partial charge in [-0.2, -0.15) is 0 Å². The number of amides is 1. The van der Waals surface area contributed by atoms with Gasteiger partial charge in [0.1, 0.15) is 5.75 Å². The van der Waals surface area contributed by atoms with Crippen LogP contribution in [0, 0.1) is 5.92 Å². The summed E-state index contributed by atoms with van der Waals surface area (Å²) < 4.78 is 5.88. The summed E-state index contributed by atoms with van der Waals surface area (Å²) in [5, 5.41) is 12.3. The van der Waals surface area contributed by atoms with Crippen LogP contribution in [0.2, 0.25) is 0 Å². The summed E-state index contributed by atoms with van der Waals surface area (Å²) in [6, 6.07) is 7.10. The molecule has 0 aliphatic heterocycles. The van der Waals surface area contributed by atoms with Crippen molar-refractivity contribution in [2.75, 3.05) is 6.61 Å². The second-order valence-electron chi connectivity index (χ2n) is 6.15. The van der Waals surface area contributed by atoms with Crippen LogP contribution in [0.4, 0.5) is 0 Å². The second-order valence-corrected chi connectivity index (χ2v) is 6.15. The topological polar surface area (TPSA) is 58.6 Å². The molecule has 0 spiro atoms. The highest BCUT2D eigenvalue weighted by Gasteiger charge is 2.22. The van der Waals surface area contributed by atoms with Crippen LogP contribution in [-0.2, 0) is 0 Å². The molecule has 1 aliphatic carbocycles. The number of rotatable bonds is 7. The van der Waals surface area contributed by atoms with Crippen molar-refractivity contribution in [1.29, 1.82) is 0 Å². The molecule has 1 amide bonds. The van der Waals surface area contributed by atoms with Crippen LogP contribution in [0.5, 0.6) is 5.75 Å². The van der Waals surface area contributed by atoms with Gasteiger partial charge in [-0.15, -0.1) is 0 Å². The maximum absolute atomic E-state index is 12.4. The molecule has 4 heteroatoms. The lowest BCUT2D eigenvalue weighted by Crippen LogP contribution is -2.38. The van der Waals surface area contributed by atoms with E-state index in [-0.39, 0.29) is 24.7 Å². The van der Waals surface area contributed by atoms with Crippen LogP contribution in [0.3, 0.4) is 0 Å². The third-order valence-electron chi connectivity index (χ3n) is 3.79. The van der Waals surface area contributed by atoms with Crippen LogP contribution < -0.4 is 10.1 Å². The predicted octanol–water partition coefficient (Wildman–Crippen LogP) is 2.75. The smallest absolute Gasteiger partial charge is 0.255 e. The van der Waals surface area contributed by atoms with Crippen LogP contribution in [0.15, 0.2) is 24.3 Å². The van der Waals surface area contributed by atoms with Crippen molar-refractivity contribution in [3.63, 3.8) is 0 Å². The van der Waals surface area contributed by atoms with Crippen molar-refractivity contribution < 1.29 is 14.6 Å². The number of hydrogen-bond donors (Lipinski definition) is 2. The Morgan fingerprint density at radius 1 is 1.38 bits per heavy atom. The minimum absolute atomic E-state index is 0.0461. The van der Waals surface area contributed by atoms with Crippen LogP contribution >= 0.6 is 0 Å². The van der Waals surface area contributed by atoms with Crippen molar-refractivity contribution >= 4 is 5.91 Å². The maximum atomic E-state index is 12.4. The summed E-state index contributed by atoms with van der Waals surface area (Å²) in [5.41, 5.74) is 0.548. The fourth-order valence-corrected chi connectivity index (χ4v) is 2.44. The quantitative estimate of drug-likeness (QED) is 0.812. The molecule has 2 rings (SSSR count). The number of hydrogen-bond acceptors (Lipinski definition) is 3. The summed E-state index contributed by atoms with van der Waals surface area (Å²) in [6.07, 6.45) is 4.31. The minimum atomic E-state index is -0.214. The van der Waals surface area contributed by atoms with E-state index in [0.29, 0.717) is 17.2 Å². The number of carbonyl (C=O) groups is 1. The first-order valence-electron chi connectivity index (χ1n) is 7.77. The SMILES string of the molecule is CC(C)CC(CO)NC(=O)c1ccccc1OC1CCC1. The monoisotopic (exact) mass is 291 g/mol. The highest BCUT2D eigenvalue weighted by molar-refractivity contribution is 5.97. The van der Waals surface area contributed by atoms with E-state index < -0.39 is 0 Å². The number of para-hydroxylation sites is 1. The summed E-state index contributed by atoms with van der Waals surface area (Å²) >= 11 is 0. The van der Waals surface area contributed by atoms with Crippen LogP contribution in [0.25, 0.3) is 0 Å². The minimum Gasteiger partial charge on any atom is -0.490 e. The van der Waals surface area contributed by atoms with Crippen molar-refractivity contribution in [3.05, 3.63) is 29.8 Å². The first kappa shape index (κ1) is 15.8. The molecule has 1 unspecified atom stereocenters. The fraction of sp³-hybridized carbons (Fsp3) is 0.588. The van der Waals surface area contributed by atoms with E-state index in [1.54, 1.807) is 6.07 Å². The Morgan fingerprint density at radius 3 is 2.67 bits per heavy atom. The largest absolute Gasteiger partial charge is 0.490 e. The van der Waals surface area contributed by atoms with Gasteiger partial charge in [-0.3, -0.25) is 4.79 Å². The van der Waals surface area contributed by atoms with Crippen molar-refractivity contribution in [3.8, 4) is 5.75 Å². The third kappa shape index (κ3) is 4.46. The fourth-order valence-electron chi connectivity index (χ4n) is 2.44. The molecule has 0 saturated heterocycles. The number of carbonyl (C=O) groups excluding carboxylic acids is 1. The van der Waals surface area contributed by atoms with Gasteiger partial charge < -0.3 is 15.2 Å². The molecule has 1 aliphatic rings. The lowest BCUT2D eigenvalue weighted by molar-refractivity contribution is 0.0885. The van der Waals surface area contributed by atoms with Gasteiger partial charge in [0.15, 0.2) is 0 Å². The van der Waals surface area contributed by atoms with Gasteiger partial charge in [-0.1, -0.05) is 26.0 Å². The van der Waals surface area contributed by atoms with Crippen molar-refractivity contribution in [2.24, 2.45) is 5.92 Å². The molecule has 1 aromatic carbocycles. The molecule has 1 aromatic rings. The summed E-state index contributed by atoms with van der Waals surface area (Å²) in [6.45, 7) is 4.10. The zero-order valence-corrected chi connectivity index (χ0v) is 12.8. The molecular formula is C17H25NO3. The molecule has 0 heterocycles. The average Bonchev–Trinajstić information content (AvgIpc) is 2.42. The Kier molecular flexibility index (Phi) is 5.62. The molecule has 21 heavy (non-hydrogen) atoms. The van der Waals surface area contributed by atoms with Gasteiger partial charge in [-0.25, -0.2) is 0 Å². The summed E-state index contributed by atoms with van der Waals surface area (Å²) in [4.78, 5) is 12.4. The van der Waals surface area contributed by atoms with E-state index in [2.05, 4.69) is 19.2 Å². The number of benzene rings is 1. The van der Waals surface area contributed by atoms with E-state index in [9.17, 15) is 9.90 Å². The number of nitrogens with one attached hydrogen (secondary N) is 1. The Morgan fingerprint density at radius 2 is 2.10 bits per heavy atom. The maximum Gasteiger partial charge on any atom is 0.255 e. The Labute approximate surface area is 126 Å². The molecule has 0 radical (unpaired) electrons. The van der Waals surface area contributed by atoms with Crippen LogP contribution in [-0.4, -0.2) is 29.8 Å². The van der Waals surface area contributed by atoms with E-state index in [4.69, 9.17) is 4.74 Å².